The number of nitrogens with zero attached hydrogens (tertiary/aromatic N) is 1. The normalized spacial score (nSPS) is 12.5. The lowest BCUT2D eigenvalue weighted by atomic mass is 9.94. The number of amides is 1. The average molecular weight is 263 g/mol. The number of hydrogen-bond acceptors (Lipinski definition) is 3. The van der Waals surface area contributed by atoms with Crippen molar-refractivity contribution in [1.29, 1.82) is 0 Å². The van der Waals surface area contributed by atoms with E-state index in [9.17, 15) is 4.79 Å². The summed E-state index contributed by atoms with van der Waals surface area (Å²) in [6.45, 7) is 8.68. The molecule has 0 spiro atoms. The molecule has 4 nitrogen and oxygen atoms in total. The summed E-state index contributed by atoms with van der Waals surface area (Å²) in [6, 6.07) is 3.80. The maximum absolute atomic E-state index is 12.0. The largest absolute Gasteiger partial charge is 0.330 e. The number of carbonyl (C=O) groups is 1. The fraction of sp³-hybridized carbons (Fsp3) is 0.600. The molecule has 1 amide bonds. The molecule has 1 unspecified atom stereocenters. The summed E-state index contributed by atoms with van der Waals surface area (Å²) < 4.78 is 0. The minimum Gasteiger partial charge on any atom is -0.330 e. The molecule has 1 atom stereocenters. The fourth-order valence-electron chi connectivity index (χ4n) is 2.21. The summed E-state index contributed by atoms with van der Waals surface area (Å²) in [6.07, 6.45) is 1.46. The predicted octanol–water partition coefficient (Wildman–Crippen LogP) is 2.65. The summed E-state index contributed by atoms with van der Waals surface area (Å²) >= 11 is 0. The van der Waals surface area contributed by atoms with Gasteiger partial charge in [-0.05, 0) is 50.8 Å². The van der Waals surface area contributed by atoms with Gasteiger partial charge in [-0.2, -0.15) is 0 Å². The third kappa shape index (κ3) is 5.39. The lowest BCUT2D eigenvalue weighted by Gasteiger charge is -2.17. The molecule has 0 aliphatic heterocycles. The van der Waals surface area contributed by atoms with Gasteiger partial charge in [0.1, 0.15) is 0 Å². The van der Waals surface area contributed by atoms with Crippen molar-refractivity contribution >= 4 is 11.6 Å². The number of hydrogen-bond donors (Lipinski definition) is 2. The van der Waals surface area contributed by atoms with E-state index in [1.165, 1.54) is 0 Å². The lowest BCUT2D eigenvalue weighted by Crippen LogP contribution is -2.23. The van der Waals surface area contributed by atoms with Gasteiger partial charge in [0.25, 0.3) is 0 Å². The van der Waals surface area contributed by atoms with Crippen molar-refractivity contribution in [2.75, 3.05) is 11.9 Å². The topological polar surface area (TPSA) is 68.0 Å². The van der Waals surface area contributed by atoms with Gasteiger partial charge in [0, 0.05) is 12.1 Å². The van der Waals surface area contributed by atoms with Crippen LogP contribution in [0.25, 0.3) is 0 Å². The second-order valence-corrected chi connectivity index (χ2v) is 5.57. The predicted molar refractivity (Wildman–Crippen MR) is 79.0 cm³/mol. The van der Waals surface area contributed by atoms with Gasteiger partial charge in [-0.25, -0.2) is 0 Å². The van der Waals surface area contributed by atoms with Crippen molar-refractivity contribution in [3.63, 3.8) is 0 Å². The standard InChI is InChI=1S/C15H25N3O/c1-10(2)7-13(9-16)8-15(19)18-14-6-5-11(3)17-12(14)4/h5-6,10,13H,7-9,16H2,1-4H3,(H,18,19). The number of anilines is 1. The Morgan fingerprint density at radius 3 is 2.58 bits per heavy atom. The van der Waals surface area contributed by atoms with Gasteiger partial charge in [-0.3, -0.25) is 9.78 Å². The molecule has 0 bridgehead atoms. The Bertz CT molecular complexity index is 429. The Morgan fingerprint density at radius 1 is 1.37 bits per heavy atom. The number of pyridine rings is 1. The molecule has 0 radical (unpaired) electrons. The summed E-state index contributed by atoms with van der Waals surface area (Å²) in [5.74, 6) is 0.827. The maximum atomic E-state index is 12.0. The molecule has 0 aliphatic rings. The summed E-state index contributed by atoms with van der Waals surface area (Å²) in [5, 5.41) is 2.92. The van der Waals surface area contributed by atoms with Crippen LogP contribution in [0, 0.1) is 25.7 Å². The van der Waals surface area contributed by atoms with Crippen LogP contribution < -0.4 is 11.1 Å². The molecule has 0 aliphatic carbocycles. The van der Waals surface area contributed by atoms with Gasteiger partial charge in [-0.1, -0.05) is 13.8 Å². The molecule has 0 saturated heterocycles. The Kier molecular flexibility index (Phi) is 5.96. The molecule has 3 N–H and O–H groups in total. The first-order valence-electron chi connectivity index (χ1n) is 6.86. The van der Waals surface area contributed by atoms with Crippen molar-refractivity contribution in [3.05, 3.63) is 23.5 Å². The summed E-state index contributed by atoms with van der Waals surface area (Å²) in [5.41, 5.74) is 8.31. The van der Waals surface area contributed by atoms with Crippen molar-refractivity contribution in [2.24, 2.45) is 17.6 Å². The minimum atomic E-state index is 0.0184. The monoisotopic (exact) mass is 263 g/mol. The molecule has 4 heteroatoms. The highest BCUT2D eigenvalue weighted by Gasteiger charge is 2.14. The van der Waals surface area contributed by atoms with Gasteiger partial charge in [0.05, 0.1) is 11.4 Å². The van der Waals surface area contributed by atoms with Gasteiger partial charge in [0.15, 0.2) is 0 Å². The number of nitrogens with two attached hydrogens (primary N) is 1. The summed E-state index contributed by atoms with van der Waals surface area (Å²) in [7, 11) is 0. The van der Waals surface area contributed by atoms with E-state index < -0.39 is 0 Å². The van der Waals surface area contributed by atoms with Crippen LogP contribution in [0.5, 0.6) is 0 Å². The number of rotatable bonds is 6. The highest BCUT2D eigenvalue weighted by molar-refractivity contribution is 5.91. The van der Waals surface area contributed by atoms with Crippen LogP contribution in [0.3, 0.4) is 0 Å². The van der Waals surface area contributed by atoms with E-state index in [0.717, 1.165) is 23.5 Å². The second-order valence-electron chi connectivity index (χ2n) is 5.57. The third-order valence-corrected chi connectivity index (χ3v) is 3.11. The van der Waals surface area contributed by atoms with Crippen LogP contribution in [0.2, 0.25) is 0 Å². The van der Waals surface area contributed by atoms with Crippen LogP contribution >= 0.6 is 0 Å². The Labute approximate surface area is 115 Å². The van der Waals surface area contributed by atoms with E-state index in [1.807, 2.05) is 26.0 Å². The SMILES string of the molecule is Cc1ccc(NC(=O)CC(CN)CC(C)C)c(C)n1. The number of carbonyl (C=O) groups excluding carboxylic acids is 1. The number of aryl methyl sites for hydroxylation is 2. The first kappa shape index (κ1) is 15.6. The van der Waals surface area contributed by atoms with Gasteiger partial charge in [0.2, 0.25) is 5.91 Å². The van der Waals surface area contributed by atoms with Crippen molar-refractivity contribution in [1.82, 2.24) is 4.98 Å². The zero-order valence-corrected chi connectivity index (χ0v) is 12.4. The highest BCUT2D eigenvalue weighted by atomic mass is 16.1. The molecule has 0 aromatic carbocycles. The van der Waals surface area contributed by atoms with Crippen molar-refractivity contribution < 1.29 is 4.79 Å². The van der Waals surface area contributed by atoms with Crippen LogP contribution in [0.4, 0.5) is 5.69 Å². The zero-order valence-electron chi connectivity index (χ0n) is 12.4. The van der Waals surface area contributed by atoms with Crippen molar-refractivity contribution in [3.8, 4) is 0 Å². The third-order valence-electron chi connectivity index (χ3n) is 3.11. The maximum Gasteiger partial charge on any atom is 0.224 e. The molecule has 1 rings (SSSR count). The highest BCUT2D eigenvalue weighted by Crippen LogP contribution is 2.17. The zero-order chi connectivity index (χ0) is 14.4. The lowest BCUT2D eigenvalue weighted by molar-refractivity contribution is -0.117. The number of aromatic nitrogens is 1. The van der Waals surface area contributed by atoms with Gasteiger partial charge >= 0.3 is 0 Å². The molecule has 0 fully saturated rings. The van der Waals surface area contributed by atoms with Crippen molar-refractivity contribution in [2.45, 2.75) is 40.5 Å². The first-order valence-corrected chi connectivity index (χ1v) is 6.86. The van der Waals surface area contributed by atoms with Crippen LogP contribution in [0.1, 0.15) is 38.1 Å². The molecule has 1 heterocycles. The van der Waals surface area contributed by atoms with E-state index in [-0.39, 0.29) is 11.8 Å². The fourth-order valence-corrected chi connectivity index (χ4v) is 2.21. The molecule has 106 valence electrons. The van der Waals surface area contributed by atoms with E-state index in [4.69, 9.17) is 5.73 Å². The van der Waals surface area contributed by atoms with Gasteiger partial charge in [-0.15, -0.1) is 0 Å². The van der Waals surface area contributed by atoms with Crippen LogP contribution in [-0.4, -0.2) is 17.4 Å². The molecule has 1 aromatic rings. The van der Waals surface area contributed by atoms with E-state index in [1.54, 1.807) is 0 Å². The molecular formula is C15H25N3O. The van der Waals surface area contributed by atoms with Crippen LogP contribution in [-0.2, 0) is 4.79 Å². The first-order chi connectivity index (χ1) is 8.92. The minimum absolute atomic E-state index is 0.0184. The van der Waals surface area contributed by atoms with E-state index in [2.05, 4.69) is 24.1 Å². The average Bonchev–Trinajstić information content (AvgIpc) is 2.31. The Balaban J connectivity index is 2.59. The molecule has 0 saturated carbocycles. The summed E-state index contributed by atoms with van der Waals surface area (Å²) in [4.78, 5) is 16.3. The number of nitrogens with one attached hydrogen (secondary N) is 1. The van der Waals surface area contributed by atoms with Crippen LogP contribution in [0.15, 0.2) is 12.1 Å². The van der Waals surface area contributed by atoms with Gasteiger partial charge < -0.3 is 11.1 Å². The second kappa shape index (κ2) is 7.24. The smallest absolute Gasteiger partial charge is 0.224 e. The Morgan fingerprint density at radius 2 is 2.05 bits per heavy atom. The quantitative estimate of drug-likeness (QED) is 0.829. The van der Waals surface area contributed by atoms with E-state index >= 15 is 0 Å². The molecular weight excluding hydrogens is 238 g/mol. The molecule has 1 aromatic heterocycles. The molecule has 19 heavy (non-hydrogen) atoms. The van der Waals surface area contributed by atoms with E-state index in [0.29, 0.717) is 18.9 Å². The Hall–Kier alpha value is -1.42.